The van der Waals surface area contributed by atoms with Crippen LogP contribution in [0.25, 0.3) is 22.2 Å². The van der Waals surface area contributed by atoms with Gasteiger partial charge in [0.1, 0.15) is 17.5 Å². The van der Waals surface area contributed by atoms with Crippen molar-refractivity contribution in [2.24, 2.45) is 5.16 Å². The summed E-state index contributed by atoms with van der Waals surface area (Å²) in [6.07, 6.45) is 1.68. The Balaban J connectivity index is 2.09. The predicted octanol–water partition coefficient (Wildman–Crippen LogP) is 4.35. The molecule has 0 spiro atoms. The van der Waals surface area contributed by atoms with Crippen molar-refractivity contribution in [3.63, 3.8) is 0 Å². The SMILES string of the molecule is ON=CC1Cc2cc(F)ccc2-c2[nH]c3c(F)cc(F)cc3c21. The Morgan fingerprint density at radius 1 is 1.13 bits per heavy atom. The molecule has 1 aliphatic carbocycles. The van der Waals surface area contributed by atoms with Crippen LogP contribution in [0.2, 0.25) is 0 Å². The maximum atomic E-state index is 14.1. The van der Waals surface area contributed by atoms with Gasteiger partial charge in [0.2, 0.25) is 0 Å². The Kier molecular flexibility index (Phi) is 2.94. The normalized spacial score (nSPS) is 16.7. The van der Waals surface area contributed by atoms with Crippen molar-refractivity contribution in [2.75, 3.05) is 0 Å². The first-order chi connectivity index (χ1) is 11.1. The fourth-order valence-electron chi connectivity index (χ4n) is 3.36. The molecule has 1 unspecified atom stereocenters. The van der Waals surface area contributed by atoms with E-state index >= 15 is 0 Å². The summed E-state index contributed by atoms with van der Waals surface area (Å²) in [5.41, 5.74) is 2.88. The van der Waals surface area contributed by atoms with Gasteiger partial charge in [-0.2, -0.15) is 0 Å². The molecule has 0 saturated heterocycles. The molecule has 1 atom stereocenters. The van der Waals surface area contributed by atoms with Crippen molar-refractivity contribution in [1.82, 2.24) is 4.98 Å². The van der Waals surface area contributed by atoms with Crippen LogP contribution in [0.1, 0.15) is 17.0 Å². The van der Waals surface area contributed by atoms with Crippen molar-refractivity contribution in [2.45, 2.75) is 12.3 Å². The van der Waals surface area contributed by atoms with Crippen LogP contribution in [0.5, 0.6) is 0 Å². The van der Waals surface area contributed by atoms with E-state index in [4.69, 9.17) is 5.21 Å². The lowest BCUT2D eigenvalue weighted by Crippen LogP contribution is -2.12. The Labute approximate surface area is 129 Å². The van der Waals surface area contributed by atoms with Crippen LogP contribution in [0.15, 0.2) is 35.5 Å². The number of aromatic amines is 1. The number of nitrogens with zero attached hydrogens (tertiary/aromatic N) is 1. The third kappa shape index (κ3) is 2.02. The van der Waals surface area contributed by atoms with E-state index < -0.39 is 17.6 Å². The fraction of sp³-hybridized carbons (Fsp3) is 0.118. The molecule has 3 nitrogen and oxygen atoms in total. The molecule has 23 heavy (non-hydrogen) atoms. The lowest BCUT2D eigenvalue weighted by molar-refractivity contribution is 0.319. The van der Waals surface area contributed by atoms with Crippen molar-refractivity contribution in [1.29, 1.82) is 0 Å². The van der Waals surface area contributed by atoms with Gasteiger partial charge in [-0.25, -0.2) is 13.2 Å². The predicted molar refractivity (Wildman–Crippen MR) is 80.3 cm³/mol. The van der Waals surface area contributed by atoms with E-state index in [1.165, 1.54) is 24.4 Å². The van der Waals surface area contributed by atoms with Gasteiger partial charge in [0, 0.05) is 22.9 Å². The maximum Gasteiger partial charge on any atom is 0.150 e. The minimum absolute atomic E-state index is 0.185. The summed E-state index contributed by atoms with van der Waals surface area (Å²) in [5, 5.41) is 12.4. The summed E-state index contributed by atoms with van der Waals surface area (Å²) >= 11 is 0. The molecule has 0 saturated carbocycles. The number of oxime groups is 1. The second-order valence-electron chi connectivity index (χ2n) is 5.60. The number of aromatic nitrogens is 1. The second kappa shape index (κ2) is 4.87. The van der Waals surface area contributed by atoms with Crippen LogP contribution in [0.4, 0.5) is 13.2 Å². The molecule has 0 amide bonds. The largest absolute Gasteiger partial charge is 0.411 e. The molecule has 0 fully saturated rings. The zero-order chi connectivity index (χ0) is 16.1. The van der Waals surface area contributed by atoms with Crippen LogP contribution in [-0.2, 0) is 6.42 Å². The maximum absolute atomic E-state index is 14.1. The minimum atomic E-state index is -0.697. The number of nitrogens with one attached hydrogen (secondary N) is 1. The van der Waals surface area contributed by atoms with E-state index in [-0.39, 0.29) is 11.3 Å². The van der Waals surface area contributed by atoms with Gasteiger partial charge in [-0.05, 0) is 41.8 Å². The molecular weight excluding hydrogens is 305 g/mol. The highest BCUT2D eigenvalue weighted by Crippen LogP contribution is 2.43. The molecular formula is C17H11F3N2O. The quantitative estimate of drug-likeness (QED) is 0.391. The van der Waals surface area contributed by atoms with Crippen LogP contribution in [0, 0.1) is 17.5 Å². The van der Waals surface area contributed by atoms with Crippen molar-refractivity contribution in [3.05, 3.63) is 58.9 Å². The molecule has 0 radical (unpaired) electrons. The molecule has 2 N–H and O–H groups in total. The first-order valence-corrected chi connectivity index (χ1v) is 7.05. The number of H-pyrrole nitrogens is 1. The van der Waals surface area contributed by atoms with Crippen LogP contribution < -0.4 is 0 Å². The molecule has 1 aromatic heterocycles. The lowest BCUT2D eigenvalue weighted by Gasteiger charge is -2.22. The van der Waals surface area contributed by atoms with Crippen molar-refractivity contribution in [3.8, 4) is 11.3 Å². The second-order valence-corrected chi connectivity index (χ2v) is 5.60. The summed E-state index contributed by atoms with van der Waals surface area (Å²) in [4.78, 5) is 2.97. The number of rotatable bonds is 1. The number of fused-ring (bicyclic) bond motifs is 5. The zero-order valence-electron chi connectivity index (χ0n) is 11.8. The van der Waals surface area contributed by atoms with E-state index in [9.17, 15) is 13.2 Å². The Morgan fingerprint density at radius 2 is 1.96 bits per heavy atom. The summed E-state index contributed by atoms with van der Waals surface area (Å²) < 4.78 is 41.2. The van der Waals surface area contributed by atoms with E-state index in [1.807, 2.05) is 0 Å². The first-order valence-electron chi connectivity index (χ1n) is 7.05. The average Bonchev–Trinajstić information content (AvgIpc) is 2.87. The Hall–Kier alpha value is -2.76. The standard InChI is InChI=1S/C17H11F3N2O/c18-10-1-2-12-8(4-10)3-9(7-21-23)15-13-5-11(19)6-14(20)16(13)22-17(12)15/h1-2,4-7,9,22-23H,3H2. The molecule has 6 heteroatoms. The van der Waals surface area contributed by atoms with Gasteiger partial charge < -0.3 is 10.2 Å². The molecule has 0 aliphatic heterocycles. The highest BCUT2D eigenvalue weighted by atomic mass is 19.1. The lowest BCUT2D eigenvalue weighted by atomic mass is 9.81. The van der Waals surface area contributed by atoms with E-state index in [2.05, 4.69) is 10.1 Å². The van der Waals surface area contributed by atoms with Crippen LogP contribution in [0.3, 0.4) is 0 Å². The zero-order valence-corrected chi connectivity index (χ0v) is 11.8. The summed E-state index contributed by atoms with van der Waals surface area (Å²) in [5.74, 6) is -2.15. The molecule has 116 valence electrons. The summed E-state index contributed by atoms with van der Waals surface area (Å²) in [6, 6.07) is 6.40. The van der Waals surface area contributed by atoms with Gasteiger partial charge in [-0.3, -0.25) is 0 Å². The molecule has 1 aliphatic rings. The number of benzene rings is 2. The Bertz CT molecular complexity index is 962. The first kappa shape index (κ1) is 13.9. The third-order valence-corrected chi connectivity index (χ3v) is 4.26. The third-order valence-electron chi connectivity index (χ3n) is 4.26. The minimum Gasteiger partial charge on any atom is -0.411 e. The van der Waals surface area contributed by atoms with Crippen molar-refractivity contribution >= 4 is 17.1 Å². The Morgan fingerprint density at radius 3 is 2.74 bits per heavy atom. The number of halogens is 3. The van der Waals surface area contributed by atoms with Gasteiger partial charge in [0.25, 0.3) is 0 Å². The number of hydrogen-bond donors (Lipinski definition) is 2. The van der Waals surface area contributed by atoms with Gasteiger partial charge in [-0.1, -0.05) is 0 Å². The van der Waals surface area contributed by atoms with Gasteiger partial charge in [-0.15, -0.1) is 5.16 Å². The monoisotopic (exact) mass is 316 g/mol. The van der Waals surface area contributed by atoms with Gasteiger partial charge >= 0.3 is 0 Å². The summed E-state index contributed by atoms with van der Waals surface area (Å²) in [7, 11) is 0. The molecule has 3 aromatic rings. The van der Waals surface area contributed by atoms with Gasteiger partial charge in [0.15, 0.2) is 0 Å². The van der Waals surface area contributed by atoms with Crippen LogP contribution >= 0.6 is 0 Å². The topological polar surface area (TPSA) is 48.4 Å². The highest BCUT2D eigenvalue weighted by molar-refractivity contribution is 5.96. The molecule has 4 rings (SSSR count). The van der Waals surface area contributed by atoms with Crippen molar-refractivity contribution < 1.29 is 18.4 Å². The number of hydrogen-bond acceptors (Lipinski definition) is 2. The fourth-order valence-corrected chi connectivity index (χ4v) is 3.36. The van der Waals surface area contributed by atoms with E-state index in [1.54, 1.807) is 6.07 Å². The highest BCUT2D eigenvalue weighted by Gasteiger charge is 2.29. The smallest absolute Gasteiger partial charge is 0.150 e. The average molecular weight is 316 g/mol. The molecule has 0 bridgehead atoms. The van der Waals surface area contributed by atoms with Crippen LogP contribution in [-0.4, -0.2) is 16.4 Å². The van der Waals surface area contributed by atoms with E-state index in [0.29, 0.717) is 23.1 Å². The van der Waals surface area contributed by atoms with E-state index in [0.717, 1.165) is 17.2 Å². The summed E-state index contributed by atoms with van der Waals surface area (Å²) in [6.45, 7) is 0. The molecule has 2 aromatic carbocycles. The molecule has 1 heterocycles. The van der Waals surface area contributed by atoms with Gasteiger partial charge in [0.05, 0.1) is 17.4 Å².